The lowest BCUT2D eigenvalue weighted by Gasteiger charge is -2.31. The number of benzene rings is 1. The van der Waals surface area contributed by atoms with Crippen molar-refractivity contribution in [2.24, 2.45) is 0 Å². The van der Waals surface area contributed by atoms with Gasteiger partial charge in [-0.3, -0.25) is 9.69 Å². The molecular weight excluding hydrogens is 326 g/mol. The second kappa shape index (κ2) is 8.24. The van der Waals surface area contributed by atoms with E-state index in [9.17, 15) is 4.79 Å². The highest BCUT2D eigenvalue weighted by Gasteiger charge is 2.20. The lowest BCUT2D eigenvalue weighted by Crippen LogP contribution is -2.43. The van der Waals surface area contributed by atoms with Gasteiger partial charge < -0.3 is 10.1 Å². The third-order valence-electron chi connectivity index (χ3n) is 4.04. The van der Waals surface area contributed by atoms with Gasteiger partial charge in [0.05, 0.1) is 24.8 Å². The number of carbonyl (C=O) groups is 1. The highest BCUT2D eigenvalue weighted by atomic mass is 35.5. The summed E-state index contributed by atoms with van der Waals surface area (Å²) in [5.41, 5.74) is 1.58. The number of hydrogen-bond donors (Lipinski definition) is 1. The number of rotatable bonds is 5. The number of pyridine rings is 1. The summed E-state index contributed by atoms with van der Waals surface area (Å²) in [5.74, 6) is -0.152. The maximum Gasteiger partial charge on any atom is 0.253 e. The lowest BCUT2D eigenvalue weighted by molar-refractivity contribution is 0.0332. The Morgan fingerprint density at radius 3 is 2.62 bits per heavy atom. The van der Waals surface area contributed by atoms with Gasteiger partial charge in [-0.1, -0.05) is 41.9 Å². The van der Waals surface area contributed by atoms with Crippen molar-refractivity contribution in [1.29, 1.82) is 0 Å². The Morgan fingerprint density at radius 2 is 1.96 bits per heavy atom. The average Bonchev–Trinajstić information content (AvgIpc) is 2.63. The minimum atomic E-state index is -0.152. The monoisotopic (exact) mass is 345 g/mol. The van der Waals surface area contributed by atoms with E-state index in [1.807, 2.05) is 30.3 Å². The molecule has 1 unspecified atom stereocenters. The van der Waals surface area contributed by atoms with E-state index in [0.29, 0.717) is 10.7 Å². The number of nitrogens with one attached hydrogen (secondary N) is 1. The van der Waals surface area contributed by atoms with Gasteiger partial charge in [-0.15, -0.1) is 0 Å². The molecule has 1 N–H and O–H groups in total. The fourth-order valence-corrected chi connectivity index (χ4v) is 2.83. The van der Waals surface area contributed by atoms with Crippen molar-refractivity contribution in [2.75, 3.05) is 32.8 Å². The van der Waals surface area contributed by atoms with E-state index in [1.165, 1.54) is 6.20 Å². The van der Waals surface area contributed by atoms with Crippen LogP contribution in [0.25, 0.3) is 0 Å². The fourth-order valence-electron chi connectivity index (χ4n) is 2.71. The van der Waals surface area contributed by atoms with Crippen molar-refractivity contribution in [2.45, 2.75) is 6.04 Å². The molecule has 24 heavy (non-hydrogen) atoms. The summed E-state index contributed by atoms with van der Waals surface area (Å²) < 4.78 is 5.40. The number of aromatic nitrogens is 1. The number of halogens is 1. The molecule has 5 nitrogen and oxygen atoms in total. The van der Waals surface area contributed by atoms with Crippen molar-refractivity contribution in [3.8, 4) is 0 Å². The Balaban J connectivity index is 1.73. The zero-order valence-corrected chi connectivity index (χ0v) is 14.1. The van der Waals surface area contributed by atoms with E-state index in [1.54, 1.807) is 12.1 Å². The van der Waals surface area contributed by atoms with E-state index in [0.717, 1.165) is 38.4 Å². The largest absolute Gasteiger partial charge is 0.379 e. The van der Waals surface area contributed by atoms with Gasteiger partial charge in [0.25, 0.3) is 5.91 Å². The molecule has 3 rings (SSSR count). The Kier molecular flexibility index (Phi) is 5.80. The maximum atomic E-state index is 12.5. The second-order valence-corrected chi connectivity index (χ2v) is 6.11. The van der Waals surface area contributed by atoms with Crippen LogP contribution in [0.5, 0.6) is 0 Å². The number of carbonyl (C=O) groups excluding carboxylic acids is 1. The molecule has 126 valence electrons. The van der Waals surface area contributed by atoms with Gasteiger partial charge >= 0.3 is 0 Å². The molecule has 1 saturated heterocycles. The van der Waals surface area contributed by atoms with Crippen molar-refractivity contribution < 1.29 is 9.53 Å². The van der Waals surface area contributed by atoms with E-state index in [4.69, 9.17) is 16.3 Å². The van der Waals surface area contributed by atoms with Gasteiger partial charge in [0.15, 0.2) is 0 Å². The molecule has 1 aliphatic rings. The lowest BCUT2D eigenvalue weighted by atomic mass is 10.1. The van der Waals surface area contributed by atoms with Crippen LogP contribution in [0.1, 0.15) is 22.0 Å². The molecule has 1 aromatic heterocycles. The Morgan fingerprint density at radius 1 is 1.21 bits per heavy atom. The summed E-state index contributed by atoms with van der Waals surface area (Å²) >= 11 is 5.79. The first kappa shape index (κ1) is 16.9. The van der Waals surface area contributed by atoms with Crippen LogP contribution in [0.3, 0.4) is 0 Å². The molecule has 0 aliphatic carbocycles. The maximum absolute atomic E-state index is 12.5. The zero-order chi connectivity index (χ0) is 16.8. The predicted octanol–water partition coefficient (Wildman–Crippen LogP) is 2.54. The van der Waals surface area contributed by atoms with Gasteiger partial charge in [-0.25, -0.2) is 4.98 Å². The molecule has 2 aromatic rings. The van der Waals surface area contributed by atoms with Crippen LogP contribution in [-0.2, 0) is 4.74 Å². The summed E-state index contributed by atoms with van der Waals surface area (Å²) in [6.07, 6.45) is 1.49. The summed E-state index contributed by atoms with van der Waals surface area (Å²) in [7, 11) is 0. The van der Waals surface area contributed by atoms with Gasteiger partial charge in [-0.05, 0) is 17.7 Å². The molecule has 0 radical (unpaired) electrons. The Hall–Kier alpha value is -1.95. The minimum absolute atomic E-state index is 0.0903. The van der Waals surface area contributed by atoms with Crippen LogP contribution in [0, 0.1) is 0 Å². The van der Waals surface area contributed by atoms with Crippen LogP contribution in [0.15, 0.2) is 48.7 Å². The predicted molar refractivity (Wildman–Crippen MR) is 93.2 cm³/mol. The second-order valence-electron chi connectivity index (χ2n) is 5.72. The minimum Gasteiger partial charge on any atom is -0.379 e. The van der Waals surface area contributed by atoms with Crippen molar-refractivity contribution in [3.05, 3.63) is 64.9 Å². The van der Waals surface area contributed by atoms with Crippen LogP contribution in [0.2, 0.25) is 5.15 Å². The van der Waals surface area contributed by atoms with Crippen molar-refractivity contribution in [3.63, 3.8) is 0 Å². The topological polar surface area (TPSA) is 54.5 Å². The van der Waals surface area contributed by atoms with Crippen molar-refractivity contribution >= 4 is 17.5 Å². The van der Waals surface area contributed by atoms with Crippen LogP contribution < -0.4 is 5.32 Å². The quantitative estimate of drug-likeness (QED) is 0.846. The molecule has 0 spiro atoms. The Bertz CT molecular complexity index is 658. The standard InChI is InChI=1S/C18H20ClN3O2/c19-17-7-6-15(12-20-17)18(23)21-16(14-4-2-1-3-5-14)13-22-8-10-24-11-9-22/h1-7,12,16H,8-11,13H2,(H,21,23). The molecular formula is C18H20ClN3O2. The summed E-state index contributed by atoms with van der Waals surface area (Å²) in [6, 6.07) is 13.2. The van der Waals surface area contributed by atoms with Crippen LogP contribution in [-0.4, -0.2) is 48.6 Å². The number of hydrogen-bond acceptors (Lipinski definition) is 4. The summed E-state index contributed by atoms with van der Waals surface area (Å²) in [5, 5.41) is 3.49. The smallest absolute Gasteiger partial charge is 0.253 e. The van der Waals surface area contributed by atoms with Gasteiger partial charge in [0.1, 0.15) is 5.15 Å². The molecule has 0 bridgehead atoms. The molecule has 1 amide bonds. The van der Waals surface area contributed by atoms with Gasteiger partial charge in [-0.2, -0.15) is 0 Å². The van der Waals surface area contributed by atoms with Gasteiger partial charge in [0.2, 0.25) is 0 Å². The normalized spacial score (nSPS) is 16.5. The summed E-state index contributed by atoms with van der Waals surface area (Å²) in [4.78, 5) is 18.8. The molecule has 0 saturated carbocycles. The molecule has 1 aliphatic heterocycles. The van der Waals surface area contributed by atoms with Crippen molar-refractivity contribution in [1.82, 2.24) is 15.2 Å². The van der Waals surface area contributed by atoms with E-state index in [-0.39, 0.29) is 11.9 Å². The zero-order valence-electron chi connectivity index (χ0n) is 13.3. The highest BCUT2D eigenvalue weighted by molar-refractivity contribution is 6.29. The third kappa shape index (κ3) is 4.54. The number of nitrogens with zero attached hydrogens (tertiary/aromatic N) is 2. The van der Waals surface area contributed by atoms with E-state index in [2.05, 4.69) is 15.2 Å². The number of morpholine rings is 1. The van der Waals surface area contributed by atoms with E-state index < -0.39 is 0 Å². The number of ether oxygens (including phenoxy) is 1. The van der Waals surface area contributed by atoms with Crippen LogP contribution >= 0.6 is 11.6 Å². The number of amides is 1. The first-order valence-corrected chi connectivity index (χ1v) is 8.37. The third-order valence-corrected chi connectivity index (χ3v) is 4.26. The SMILES string of the molecule is O=C(NC(CN1CCOCC1)c1ccccc1)c1ccc(Cl)nc1. The Labute approximate surface area is 146 Å². The van der Waals surface area contributed by atoms with E-state index >= 15 is 0 Å². The molecule has 1 fully saturated rings. The van der Waals surface area contributed by atoms with Crippen LogP contribution in [0.4, 0.5) is 0 Å². The molecule has 6 heteroatoms. The summed E-state index contributed by atoms with van der Waals surface area (Å²) in [6.45, 7) is 3.97. The fraction of sp³-hybridized carbons (Fsp3) is 0.333. The first-order valence-electron chi connectivity index (χ1n) is 8.00. The molecule has 2 heterocycles. The highest BCUT2D eigenvalue weighted by Crippen LogP contribution is 2.16. The average molecular weight is 346 g/mol. The molecule has 1 atom stereocenters. The molecule has 1 aromatic carbocycles. The first-order chi connectivity index (χ1) is 11.7. The van der Waals surface area contributed by atoms with Gasteiger partial charge in [0, 0.05) is 25.8 Å².